The molecule has 0 radical (unpaired) electrons. The van der Waals surface area contributed by atoms with E-state index in [-0.39, 0.29) is 5.91 Å². The average molecular weight is 460 g/mol. The fourth-order valence-corrected chi connectivity index (χ4v) is 4.26. The highest BCUT2D eigenvalue weighted by Crippen LogP contribution is 2.31. The molecule has 2 N–H and O–H groups in total. The molecule has 0 fully saturated rings. The van der Waals surface area contributed by atoms with Crippen LogP contribution in [0.1, 0.15) is 18.7 Å². The Morgan fingerprint density at radius 1 is 1.15 bits per heavy atom. The fraction of sp³-hybridized carbons (Fsp3) is 0.167. The van der Waals surface area contributed by atoms with Gasteiger partial charge in [-0.25, -0.2) is 4.98 Å². The van der Waals surface area contributed by atoms with Crippen LogP contribution < -0.4 is 10.1 Å². The Kier molecular flexibility index (Phi) is 5.86. The fourth-order valence-electron chi connectivity index (χ4n) is 3.53. The van der Waals surface area contributed by atoms with E-state index in [1.54, 1.807) is 7.11 Å². The number of aromatic nitrogens is 4. The number of benzene rings is 2. The van der Waals surface area contributed by atoms with E-state index >= 15 is 0 Å². The number of carbonyl (C=O) groups is 1. The number of nitrogens with zero attached hydrogens (tertiary/aromatic N) is 3. The number of thiazole rings is 1. The van der Waals surface area contributed by atoms with E-state index in [1.807, 2.05) is 54.0 Å². The summed E-state index contributed by atoms with van der Waals surface area (Å²) >= 11 is 1.41. The smallest absolute Gasteiger partial charge is 0.226 e. The van der Waals surface area contributed by atoms with Crippen molar-refractivity contribution in [3.63, 3.8) is 0 Å². The predicted molar refractivity (Wildman–Crippen MR) is 127 cm³/mol. The molecule has 166 valence electrons. The van der Waals surface area contributed by atoms with Gasteiger partial charge in [0.25, 0.3) is 0 Å². The summed E-state index contributed by atoms with van der Waals surface area (Å²) < 4.78 is 10.5. The number of methoxy groups -OCH3 is 1. The Balaban J connectivity index is 1.14. The second-order valence-corrected chi connectivity index (χ2v) is 8.29. The summed E-state index contributed by atoms with van der Waals surface area (Å²) in [6.45, 7) is 0. The third-order valence-corrected chi connectivity index (χ3v) is 5.98. The van der Waals surface area contributed by atoms with Gasteiger partial charge in [-0.15, -0.1) is 11.3 Å². The van der Waals surface area contributed by atoms with E-state index < -0.39 is 0 Å². The van der Waals surface area contributed by atoms with Gasteiger partial charge in [0.1, 0.15) is 5.75 Å². The van der Waals surface area contributed by atoms with Gasteiger partial charge in [0, 0.05) is 46.4 Å². The van der Waals surface area contributed by atoms with Crippen molar-refractivity contribution in [3.05, 3.63) is 66.0 Å². The highest BCUT2D eigenvalue weighted by atomic mass is 32.1. The molecule has 8 nitrogen and oxygen atoms in total. The van der Waals surface area contributed by atoms with Crippen LogP contribution in [0.2, 0.25) is 0 Å². The Bertz CT molecular complexity index is 1390. The molecule has 33 heavy (non-hydrogen) atoms. The molecule has 3 aromatic heterocycles. The van der Waals surface area contributed by atoms with Gasteiger partial charge in [0.15, 0.2) is 5.13 Å². The van der Waals surface area contributed by atoms with Crippen LogP contribution in [0.4, 0.5) is 5.13 Å². The zero-order valence-corrected chi connectivity index (χ0v) is 18.7. The number of carbonyl (C=O) groups excluding carboxylic acids is 1. The minimum atomic E-state index is -0.0929. The molecule has 0 atom stereocenters. The molecule has 2 aromatic carbocycles. The zero-order chi connectivity index (χ0) is 22.6. The second-order valence-electron chi connectivity index (χ2n) is 7.43. The van der Waals surface area contributed by atoms with E-state index in [4.69, 9.17) is 9.26 Å². The van der Waals surface area contributed by atoms with Crippen molar-refractivity contribution in [2.45, 2.75) is 19.3 Å². The van der Waals surface area contributed by atoms with E-state index in [0.29, 0.717) is 36.1 Å². The molecular formula is C24H21N5O3S. The number of anilines is 1. The van der Waals surface area contributed by atoms with Crippen LogP contribution in [0.3, 0.4) is 0 Å². The largest absolute Gasteiger partial charge is 0.497 e. The van der Waals surface area contributed by atoms with Crippen LogP contribution in [0.15, 0.2) is 64.6 Å². The minimum Gasteiger partial charge on any atom is -0.497 e. The van der Waals surface area contributed by atoms with Gasteiger partial charge in [0.2, 0.25) is 17.6 Å². The number of nitrogens with one attached hydrogen (secondary N) is 2. The van der Waals surface area contributed by atoms with Crippen LogP contribution in [0.25, 0.3) is 33.5 Å². The third kappa shape index (κ3) is 4.63. The first-order valence-corrected chi connectivity index (χ1v) is 11.4. The summed E-state index contributed by atoms with van der Waals surface area (Å²) in [4.78, 5) is 24.6. The van der Waals surface area contributed by atoms with Crippen molar-refractivity contribution >= 4 is 33.3 Å². The van der Waals surface area contributed by atoms with Gasteiger partial charge in [-0.2, -0.15) is 4.98 Å². The first-order valence-electron chi connectivity index (χ1n) is 10.5. The maximum absolute atomic E-state index is 12.4. The number of rotatable bonds is 8. The molecule has 3 heterocycles. The highest BCUT2D eigenvalue weighted by Gasteiger charge is 2.13. The second kappa shape index (κ2) is 9.25. The van der Waals surface area contributed by atoms with Crippen LogP contribution in [-0.4, -0.2) is 33.1 Å². The SMILES string of the molecule is COc1ccc(-c2noc(CCCC(=O)Nc3nc(-c4c[nH]c5ccccc45)cs3)n2)cc1. The third-order valence-electron chi connectivity index (χ3n) is 5.23. The quantitative estimate of drug-likeness (QED) is 0.326. The van der Waals surface area contributed by atoms with Crippen LogP contribution >= 0.6 is 11.3 Å². The average Bonchev–Trinajstić information content (AvgIpc) is 3.59. The number of amides is 1. The summed E-state index contributed by atoms with van der Waals surface area (Å²) in [7, 11) is 1.62. The van der Waals surface area contributed by atoms with Crippen LogP contribution in [0, 0.1) is 0 Å². The molecule has 0 spiro atoms. The van der Waals surface area contributed by atoms with Gasteiger partial charge >= 0.3 is 0 Å². The van der Waals surface area contributed by atoms with Gasteiger partial charge in [-0.3, -0.25) is 4.79 Å². The van der Waals surface area contributed by atoms with Crippen molar-refractivity contribution in [2.75, 3.05) is 12.4 Å². The molecule has 5 aromatic rings. The predicted octanol–water partition coefficient (Wildman–Crippen LogP) is 5.31. The normalized spacial score (nSPS) is 11.1. The van der Waals surface area contributed by atoms with Gasteiger partial charge in [0.05, 0.1) is 12.8 Å². The monoisotopic (exact) mass is 459 g/mol. The van der Waals surface area contributed by atoms with Crippen molar-refractivity contribution in [2.24, 2.45) is 0 Å². The van der Waals surface area contributed by atoms with Crippen LogP contribution in [0.5, 0.6) is 5.75 Å². The molecular weight excluding hydrogens is 438 g/mol. The van der Waals surface area contributed by atoms with Crippen molar-refractivity contribution in [1.29, 1.82) is 0 Å². The zero-order valence-electron chi connectivity index (χ0n) is 17.9. The molecule has 5 rings (SSSR count). The lowest BCUT2D eigenvalue weighted by molar-refractivity contribution is -0.116. The van der Waals surface area contributed by atoms with Gasteiger partial charge in [-0.1, -0.05) is 23.4 Å². The number of ether oxygens (including phenoxy) is 1. The van der Waals surface area contributed by atoms with Crippen molar-refractivity contribution in [1.82, 2.24) is 20.1 Å². The Morgan fingerprint density at radius 3 is 2.85 bits per heavy atom. The summed E-state index contributed by atoms with van der Waals surface area (Å²) in [5, 5.41) is 10.5. The Morgan fingerprint density at radius 2 is 2.00 bits per heavy atom. The summed E-state index contributed by atoms with van der Waals surface area (Å²) in [6.07, 6.45) is 3.39. The number of hydrogen-bond acceptors (Lipinski definition) is 7. The molecule has 9 heteroatoms. The lowest BCUT2D eigenvalue weighted by atomic mass is 10.1. The lowest BCUT2D eigenvalue weighted by Crippen LogP contribution is -2.11. The first kappa shape index (κ1) is 20.9. The number of fused-ring (bicyclic) bond motifs is 1. The number of para-hydroxylation sites is 1. The molecule has 0 saturated heterocycles. The Labute approximate surface area is 193 Å². The molecule has 0 bridgehead atoms. The molecule has 1 amide bonds. The van der Waals surface area contributed by atoms with Crippen molar-refractivity contribution in [3.8, 4) is 28.4 Å². The summed E-state index contributed by atoms with van der Waals surface area (Å²) in [6, 6.07) is 15.5. The van der Waals surface area contributed by atoms with E-state index in [9.17, 15) is 4.79 Å². The summed E-state index contributed by atoms with van der Waals surface area (Å²) in [5.74, 6) is 1.70. The molecule has 0 aliphatic rings. The summed E-state index contributed by atoms with van der Waals surface area (Å²) in [5.41, 5.74) is 3.76. The molecule has 0 aliphatic carbocycles. The number of aromatic amines is 1. The van der Waals surface area contributed by atoms with Gasteiger partial charge < -0.3 is 19.6 Å². The standard InChI is InChI=1S/C24H21N5O3S/c1-31-16-11-9-15(10-12-16)23-28-22(32-29-23)8-4-7-21(30)27-24-26-20(14-33-24)18-13-25-19-6-3-2-5-17(18)19/h2-3,5-6,9-14,25H,4,7-8H2,1H3,(H,26,27,30). The molecule has 0 unspecified atom stereocenters. The minimum absolute atomic E-state index is 0.0929. The van der Waals surface area contributed by atoms with Gasteiger partial charge in [-0.05, 0) is 36.8 Å². The number of H-pyrrole nitrogens is 1. The maximum Gasteiger partial charge on any atom is 0.226 e. The molecule has 0 saturated carbocycles. The highest BCUT2D eigenvalue weighted by molar-refractivity contribution is 7.14. The van der Waals surface area contributed by atoms with Crippen molar-refractivity contribution < 1.29 is 14.1 Å². The molecule has 0 aliphatic heterocycles. The lowest BCUT2D eigenvalue weighted by Gasteiger charge is -2.00. The van der Waals surface area contributed by atoms with E-state index in [2.05, 4.69) is 31.5 Å². The maximum atomic E-state index is 12.4. The number of aryl methyl sites for hydroxylation is 1. The van der Waals surface area contributed by atoms with E-state index in [0.717, 1.165) is 33.5 Å². The van der Waals surface area contributed by atoms with Crippen LogP contribution in [-0.2, 0) is 11.2 Å². The Hall–Kier alpha value is -3.98. The first-order chi connectivity index (χ1) is 16.2. The number of hydrogen-bond donors (Lipinski definition) is 2. The topological polar surface area (TPSA) is 106 Å². The van der Waals surface area contributed by atoms with E-state index in [1.165, 1.54) is 11.3 Å².